The van der Waals surface area contributed by atoms with Crippen molar-refractivity contribution in [1.29, 1.82) is 0 Å². The molecule has 2 N–H and O–H groups in total. The maximum absolute atomic E-state index is 12.1. The molecule has 0 aliphatic carbocycles. The molecule has 1 aromatic carbocycles. The fourth-order valence-electron chi connectivity index (χ4n) is 2.79. The van der Waals surface area contributed by atoms with Gasteiger partial charge < -0.3 is 24.6 Å². The maximum Gasteiger partial charge on any atom is 0.488 e. The molecule has 1 aliphatic heterocycles. The van der Waals surface area contributed by atoms with Crippen LogP contribution in [-0.2, 0) is 4.74 Å². The molecule has 0 atom stereocenters. The van der Waals surface area contributed by atoms with Gasteiger partial charge in [-0.15, -0.1) is 0 Å². The van der Waals surface area contributed by atoms with Crippen molar-refractivity contribution in [3.63, 3.8) is 0 Å². The largest absolute Gasteiger partial charge is 0.488 e. The Morgan fingerprint density at radius 1 is 1.20 bits per heavy atom. The summed E-state index contributed by atoms with van der Waals surface area (Å²) in [5.41, 5.74) is 1.50. The van der Waals surface area contributed by atoms with Crippen LogP contribution in [0.15, 0.2) is 12.1 Å². The molecule has 1 aliphatic rings. The van der Waals surface area contributed by atoms with Gasteiger partial charge >= 0.3 is 13.2 Å². The zero-order valence-corrected chi connectivity index (χ0v) is 15.2. The minimum Gasteiger partial charge on any atom is -0.444 e. The summed E-state index contributed by atoms with van der Waals surface area (Å²) in [6, 6.07) is 3.41. The molecule has 7 nitrogen and oxygen atoms in total. The zero-order chi connectivity index (χ0) is 18.8. The fourth-order valence-corrected chi connectivity index (χ4v) is 2.79. The van der Waals surface area contributed by atoms with Crippen molar-refractivity contribution < 1.29 is 24.4 Å². The number of anilines is 1. The third-order valence-corrected chi connectivity index (χ3v) is 4.17. The van der Waals surface area contributed by atoms with E-state index in [0.29, 0.717) is 49.1 Å². The molecule has 0 saturated carbocycles. The van der Waals surface area contributed by atoms with Crippen LogP contribution in [0.4, 0.5) is 10.5 Å². The molecule has 0 unspecified atom stereocenters. The van der Waals surface area contributed by atoms with Crippen molar-refractivity contribution >= 4 is 30.6 Å². The van der Waals surface area contributed by atoms with Crippen molar-refractivity contribution in [3.8, 4) is 0 Å². The first-order valence-corrected chi connectivity index (χ1v) is 8.31. The van der Waals surface area contributed by atoms with E-state index in [9.17, 15) is 19.6 Å². The van der Waals surface area contributed by atoms with Gasteiger partial charge in [-0.1, -0.05) is 0 Å². The van der Waals surface area contributed by atoms with Gasteiger partial charge in [0.05, 0.1) is 0 Å². The number of piperazine rings is 1. The number of hydrogen-bond acceptors (Lipinski definition) is 6. The van der Waals surface area contributed by atoms with Gasteiger partial charge in [0.1, 0.15) is 11.9 Å². The topological polar surface area (TPSA) is 90.3 Å². The van der Waals surface area contributed by atoms with E-state index in [2.05, 4.69) is 0 Å². The molecule has 1 amide bonds. The Morgan fingerprint density at radius 2 is 1.80 bits per heavy atom. The van der Waals surface area contributed by atoms with E-state index in [1.165, 1.54) is 0 Å². The van der Waals surface area contributed by atoms with Crippen LogP contribution in [0, 0.1) is 6.92 Å². The van der Waals surface area contributed by atoms with Crippen LogP contribution >= 0.6 is 0 Å². The van der Waals surface area contributed by atoms with E-state index in [0.717, 1.165) is 5.69 Å². The van der Waals surface area contributed by atoms with Crippen molar-refractivity contribution in [2.75, 3.05) is 31.1 Å². The highest BCUT2D eigenvalue weighted by Crippen LogP contribution is 2.20. The van der Waals surface area contributed by atoms with E-state index < -0.39 is 12.7 Å². The molecule has 2 rings (SSSR count). The number of carbonyl (C=O) groups excluding carboxylic acids is 2. The number of carbonyl (C=O) groups is 2. The number of benzene rings is 1. The summed E-state index contributed by atoms with van der Waals surface area (Å²) < 4.78 is 5.38. The van der Waals surface area contributed by atoms with Gasteiger partial charge in [-0.3, -0.25) is 4.79 Å². The fraction of sp³-hybridized carbons (Fsp3) is 0.529. The predicted octanol–water partition coefficient (Wildman–Crippen LogP) is 0.544. The van der Waals surface area contributed by atoms with Crippen LogP contribution in [0.25, 0.3) is 0 Å². The minimum atomic E-state index is -1.64. The Morgan fingerprint density at radius 3 is 2.28 bits per heavy atom. The second-order valence-corrected chi connectivity index (χ2v) is 7.20. The van der Waals surface area contributed by atoms with Crippen molar-refractivity contribution in [2.24, 2.45) is 0 Å². The van der Waals surface area contributed by atoms with Crippen LogP contribution in [0.2, 0.25) is 0 Å². The highest BCUT2D eigenvalue weighted by atomic mass is 16.6. The van der Waals surface area contributed by atoms with Gasteiger partial charge in [-0.2, -0.15) is 0 Å². The van der Waals surface area contributed by atoms with Crippen molar-refractivity contribution in [3.05, 3.63) is 23.3 Å². The first-order valence-electron chi connectivity index (χ1n) is 8.31. The highest BCUT2D eigenvalue weighted by Gasteiger charge is 2.27. The van der Waals surface area contributed by atoms with Gasteiger partial charge in [0.25, 0.3) is 0 Å². The molecule has 1 aromatic rings. The first-order chi connectivity index (χ1) is 11.6. The monoisotopic (exact) mass is 348 g/mol. The standard InChI is InChI=1S/C17H25BN2O5/c1-12-13(11-21)9-14(10-15(12)18(23)24)19-5-7-20(8-6-19)16(22)25-17(2,3)4/h9-11,23-24H,5-8H2,1-4H3. The Labute approximate surface area is 148 Å². The third kappa shape index (κ3) is 4.73. The predicted molar refractivity (Wildman–Crippen MR) is 96.4 cm³/mol. The number of aldehydes is 1. The zero-order valence-electron chi connectivity index (χ0n) is 15.2. The molecule has 8 heteroatoms. The summed E-state index contributed by atoms with van der Waals surface area (Å²) in [5, 5.41) is 19.0. The number of hydrogen-bond donors (Lipinski definition) is 2. The molecule has 0 radical (unpaired) electrons. The summed E-state index contributed by atoms with van der Waals surface area (Å²) in [5.74, 6) is 0. The molecule has 1 heterocycles. The summed E-state index contributed by atoms with van der Waals surface area (Å²) in [6.45, 7) is 9.31. The average Bonchev–Trinajstić information content (AvgIpc) is 2.53. The smallest absolute Gasteiger partial charge is 0.444 e. The van der Waals surface area contributed by atoms with E-state index in [1.807, 2.05) is 25.7 Å². The number of rotatable bonds is 3. The van der Waals surface area contributed by atoms with Gasteiger partial charge in [-0.05, 0) is 50.9 Å². The number of ether oxygens (including phenoxy) is 1. The average molecular weight is 348 g/mol. The Bertz CT molecular complexity index is 649. The Kier molecular flexibility index (Phi) is 5.74. The van der Waals surface area contributed by atoms with Crippen LogP contribution in [0.3, 0.4) is 0 Å². The molecule has 0 spiro atoms. The molecule has 136 valence electrons. The van der Waals surface area contributed by atoms with E-state index in [-0.39, 0.29) is 6.09 Å². The lowest BCUT2D eigenvalue weighted by Gasteiger charge is -2.37. The van der Waals surface area contributed by atoms with Crippen LogP contribution in [-0.4, -0.2) is 66.2 Å². The van der Waals surface area contributed by atoms with Crippen molar-refractivity contribution in [1.82, 2.24) is 4.90 Å². The molecule has 25 heavy (non-hydrogen) atoms. The van der Waals surface area contributed by atoms with Gasteiger partial charge in [0.2, 0.25) is 0 Å². The van der Waals surface area contributed by atoms with E-state index in [4.69, 9.17) is 4.74 Å². The second kappa shape index (κ2) is 7.45. The lowest BCUT2D eigenvalue weighted by Crippen LogP contribution is -2.50. The van der Waals surface area contributed by atoms with Crippen LogP contribution in [0.1, 0.15) is 36.7 Å². The lowest BCUT2D eigenvalue weighted by molar-refractivity contribution is 0.0240. The summed E-state index contributed by atoms with van der Waals surface area (Å²) in [4.78, 5) is 27.0. The molecular weight excluding hydrogens is 323 g/mol. The van der Waals surface area contributed by atoms with E-state index in [1.54, 1.807) is 24.0 Å². The summed E-state index contributed by atoms with van der Waals surface area (Å²) in [7, 11) is -1.64. The molecular formula is C17H25BN2O5. The SMILES string of the molecule is Cc1c(C=O)cc(N2CCN(C(=O)OC(C)(C)C)CC2)cc1B(O)O. The quantitative estimate of drug-likeness (QED) is 0.612. The molecule has 0 aromatic heterocycles. The molecule has 1 fully saturated rings. The third-order valence-electron chi connectivity index (χ3n) is 4.17. The Hall–Kier alpha value is -2.06. The second-order valence-electron chi connectivity index (χ2n) is 7.20. The highest BCUT2D eigenvalue weighted by molar-refractivity contribution is 6.59. The number of nitrogens with zero attached hydrogens (tertiary/aromatic N) is 2. The lowest BCUT2D eigenvalue weighted by atomic mass is 9.75. The van der Waals surface area contributed by atoms with Gasteiger partial charge in [-0.25, -0.2) is 4.79 Å². The maximum atomic E-state index is 12.1. The van der Waals surface area contributed by atoms with Crippen LogP contribution < -0.4 is 10.4 Å². The van der Waals surface area contributed by atoms with Crippen LogP contribution in [0.5, 0.6) is 0 Å². The summed E-state index contributed by atoms with van der Waals surface area (Å²) >= 11 is 0. The number of amides is 1. The Balaban J connectivity index is 2.11. The van der Waals surface area contributed by atoms with Gasteiger partial charge in [0.15, 0.2) is 0 Å². The summed E-state index contributed by atoms with van der Waals surface area (Å²) in [6.07, 6.45) is 0.373. The van der Waals surface area contributed by atoms with Gasteiger partial charge in [0, 0.05) is 37.4 Å². The first kappa shape index (κ1) is 19.3. The minimum absolute atomic E-state index is 0.314. The normalized spacial score (nSPS) is 15.1. The van der Waals surface area contributed by atoms with E-state index >= 15 is 0 Å². The molecule has 0 bridgehead atoms. The van der Waals surface area contributed by atoms with Crippen molar-refractivity contribution in [2.45, 2.75) is 33.3 Å². The molecule has 1 saturated heterocycles.